The minimum absolute atomic E-state index is 0.118. The van der Waals surface area contributed by atoms with E-state index in [1.807, 2.05) is 13.8 Å². The summed E-state index contributed by atoms with van der Waals surface area (Å²) in [5, 5.41) is 3.42. The zero-order valence-electron chi connectivity index (χ0n) is 14.6. The van der Waals surface area contributed by atoms with Crippen LogP contribution in [0.2, 0.25) is 0 Å². The molecule has 24 heavy (non-hydrogen) atoms. The predicted molar refractivity (Wildman–Crippen MR) is 93.8 cm³/mol. The molecule has 1 aromatic carbocycles. The maximum atomic E-state index is 13.4. The monoisotopic (exact) mass is 326 g/mol. The second kappa shape index (κ2) is 6.10. The number of hydrogen-bond donors (Lipinski definition) is 1. The van der Waals surface area contributed by atoms with Crippen molar-refractivity contribution in [1.82, 2.24) is 10.3 Å². The number of benzene rings is 1. The number of rotatable bonds is 3. The first-order valence-corrected chi connectivity index (χ1v) is 8.34. The van der Waals surface area contributed by atoms with Gasteiger partial charge in [-0.1, -0.05) is 39.8 Å². The molecule has 0 fully saturated rings. The number of halogens is 1. The second-order valence-corrected chi connectivity index (χ2v) is 7.38. The maximum absolute atomic E-state index is 13.4. The summed E-state index contributed by atoms with van der Waals surface area (Å²) in [5.41, 5.74) is 5.15. The molecule has 0 spiro atoms. The van der Waals surface area contributed by atoms with Crippen LogP contribution in [0.5, 0.6) is 0 Å². The fourth-order valence-electron chi connectivity index (χ4n) is 3.48. The first-order chi connectivity index (χ1) is 11.3. The number of aldehydes is 1. The predicted octanol–water partition coefficient (Wildman–Crippen LogP) is 4.20. The Morgan fingerprint density at radius 3 is 2.50 bits per heavy atom. The highest BCUT2D eigenvalue weighted by Crippen LogP contribution is 2.39. The van der Waals surface area contributed by atoms with Crippen molar-refractivity contribution in [2.45, 2.75) is 45.6 Å². The third-order valence-corrected chi connectivity index (χ3v) is 4.67. The summed E-state index contributed by atoms with van der Waals surface area (Å²) >= 11 is 0. The van der Waals surface area contributed by atoms with Crippen LogP contribution in [0.1, 0.15) is 60.9 Å². The first kappa shape index (κ1) is 16.8. The van der Waals surface area contributed by atoms with E-state index in [1.165, 1.54) is 12.1 Å². The average molecular weight is 326 g/mol. The van der Waals surface area contributed by atoms with Crippen molar-refractivity contribution in [2.75, 3.05) is 6.54 Å². The summed E-state index contributed by atoms with van der Waals surface area (Å²) in [5.74, 6) is -0.141. The third-order valence-electron chi connectivity index (χ3n) is 4.67. The summed E-state index contributed by atoms with van der Waals surface area (Å²) in [6.45, 7) is 9.91. The van der Waals surface area contributed by atoms with E-state index in [2.05, 4.69) is 19.2 Å². The largest absolute Gasteiger partial charge is 0.312 e. The first-order valence-electron chi connectivity index (χ1n) is 8.34. The molecule has 1 N–H and O–H groups in total. The summed E-state index contributed by atoms with van der Waals surface area (Å²) < 4.78 is 13.4. The number of carbonyl (C=O) groups excluding carboxylic acids is 1. The van der Waals surface area contributed by atoms with Gasteiger partial charge < -0.3 is 5.32 Å². The quantitative estimate of drug-likeness (QED) is 0.859. The van der Waals surface area contributed by atoms with Crippen LogP contribution < -0.4 is 5.32 Å². The van der Waals surface area contributed by atoms with Gasteiger partial charge in [0.15, 0.2) is 6.29 Å². The van der Waals surface area contributed by atoms with Gasteiger partial charge in [0.2, 0.25) is 0 Å². The highest BCUT2D eigenvalue weighted by atomic mass is 19.1. The Balaban J connectivity index is 2.38. The normalized spacial score (nSPS) is 16.1. The van der Waals surface area contributed by atoms with E-state index in [1.54, 1.807) is 12.1 Å². The fourth-order valence-corrected chi connectivity index (χ4v) is 3.48. The van der Waals surface area contributed by atoms with Gasteiger partial charge >= 0.3 is 0 Å². The lowest BCUT2D eigenvalue weighted by Crippen LogP contribution is -2.40. The number of aromatic nitrogens is 1. The molecule has 0 atom stereocenters. The van der Waals surface area contributed by atoms with Crippen molar-refractivity contribution in [2.24, 2.45) is 0 Å². The Morgan fingerprint density at radius 2 is 1.92 bits per heavy atom. The van der Waals surface area contributed by atoms with Gasteiger partial charge in [-0.3, -0.25) is 9.78 Å². The molecule has 3 nitrogen and oxygen atoms in total. The zero-order chi connectivity index (χ0) is 17.5. The SMILES string of the molecule is CC(C)c1nc2c(c(-c3ccc(F)cc3)c1C=O)CNCC2(C)C. The van der Waals surface area contributed by atoms with Crippen molar-refractivity contribution in [3.05, 3.63) is 52.6 Å². The van der Waals surface area contributed by atoms with Gasteiger partial charge in [-0.25, -0.2) is 4.39 Å². The number of nitrogens with zero attached hydrogens (tertiary/aromatic N) is 1. The van der Waals surface area contributed by atoms with Crippen LogP contribution in [0.4, 0.5) is 4.39 Å². The molecule has 0 saturated carbocycles. The Bertz CT molecular complexity index is 779. The summed E-state index contributed by atoms with van der Waals surface area (Å²) in [7, 11) is 0. The molecule has 1 aliphatic rings. The van der Waals surface area contributed by atoms with Crippen LogP contribution in [-0.2, 0) is 12.0 Å². The molecule has 3 rings (SSSR count). The standard InChI is InChI=1S/C20H23FN2O/c1-12(2)18-16(10-24)17(13-5-7-14(21)8-6-13)15-9-22-11-20(3,4)19(15)23-18/h5-8,10,12,22H,9,11H2,1-4H3. The van der Waals surface area contributed by atoms with Crippen LogP contribution in [0.15, 0.2) is 24.3 Å². The lowest BCUT2D eigenvalue weighted by Gasteiger charge is -2.35. The molecule has 126 valence electrons. The zero-order valence-corrected chi connectivity index (χ0v) is 14.6. The Kier molecular flexibility index (Phi) is 4.26. The van der Waals surface area contributed by atoms with E-state index in [0.717, 1.165) is 40.9 Å². The average Bonchev–Trinajstić information content (AvgIpc) is 2.54. The Morgan fingerprint density at radius 1 is 1.25 bits per heavy atom. The van der Waals surface area contributed by atoms with Gasteiger partial charge in [0.05, 0.1) is 11.4 Å². The van der Waals surface area contributed by atoms with Crippen molar-refractivity contribution in [3.8, 4) is 11.1 Å². The molecule has 2 aromatic rings. The van der Waals surface area contributed by atoms with Gasteiger partial charge in [-0.2, -0.15) is 0 Å². The third kappa shape index (κ3) is 2.75. The lowest BCUT2D eigenvalue weighted by molar-refractivity contribution is 0.112. The molecule has 4 heteroatoms. The van der Waals surface area contributed by atoms with E-state index in [-0.39, 0.29) is 17.2 Å². The van der Waals surface area contributed by atoms with Crippen molar-refractivity contribution in [1.29, 1.82) is 0 Å². The van der Waals surface area contributed by atoms with Crippen molar-refractivity contribution < 1.29 is 9.18 Å². The van der Waals surface area contributed by atoms with E-state index in [9.17, 15) is 9.18 Å². The summed E-state index contributed by atoms with van der Waals surface area (Å²) in [6.07, 6.45) is 0.892. The number of nitrogens with one attached hydrogen (secondary N) is 1. The Hall–Kier alpha value is -2.07. The molecule has 0 radical (unpaired) electrons. The van der Waals surface area contributed by atoms with Crippen LogP contribution in [-0.4, -0.2) is 17.8 Å². The molecular formula is C20H23FN2O. The van der Waals surface area contributed by atoms with Gasteiger partial charge in [-0.15, -0.1) is 0 Å². The minimum atomic E-state index is -0.281. The van der Waals surface area contributed by atoms with Crippen LogP contribution in [0, 0.1) is 5.82 Å². The molecule has 0 amide bonds. The highest BCUT2D eigenvalue weighted by Gasteiger charge is 2.33. The van der Waals surface area contributed by atoms with E-state index in [0.29, 0.717) is 12.1 Å². The smallest absolute Gasteiger partial charge is 0.152 e. The van der Waals surface area contributed by atoms with Crippen molar-refractivity contribution >= 4 is 6.29 Å². The van der Waals surface area contributed by atoms with Crippen LogP contribution >= 0.6 is 0 Å². The molecule has 0 bridgehead atoms. The van der Waals surface area contributed by atoms with E-state index >= 15 is 0 Å². The van der Waals surface area contributed by atoms with E-state index in [4.69, 9.17) is 4.98 Å². The molecule has 1 aliphatic heterocycles. The Labute approximate surface area is 142 Å². The molecule has 0 unspecified atom stereocenters. The number of fused-ring (bicyclic) bond motifs is 1. The van der Waals surface area contributed by atoms with Crippen molar-refractivity contribution in [3.63, 3.8) is 0 Å². The highest BCUT2D eigenvalue weighted by molar-refractivity contribution is 5.91. The van der Waals surface area contributed by atoms with Gasteiger partial charge in [0, 0.05) is 29.6 Å². The molecule has 0 saturated heterocycles. The fraction of sp³-hybridized carbons (Fsp3) is 0.400. The topological polar surface area (TPSA) is 42.0 Å². The second-order valence-electron chi connectivity index (χ2n) is 7.38. The maximum Gasteiger partial charge on any atom is 0.152 e. The number of hydrogen-bond acceptors (Lipinski definition) is 3. The van der Waals surface area contributed by atoms with Crippen LogP contribution in [0.3, 0.4) is 0 Å². The van der Waals surface area contributed by atoms with Gasteiger partial charge in [0.1, 0.15) is 5.82 Å². The van der Waals surface area contributed by atoms with E-state index < -0.39 is 0 Å². The molecule has 1 aromatic heterocycles. The molecular weight excluding hydrogens is 303 g/mol. The minimum Gasteiger partial charge on any atom is -0.312 e. The lowest BCUT2D eigenvalue weighted by atomic mass is 9.78. The summed E-state index contributed by atoms with van der Waals surface area (Å²) in [6, 6.07) is 6.35. The van der Waals surface area contributed by atoms with Gasteiger partial charge in [0.25, 0.3) is 0 Å². The molecule has 0 aliphatic carbocycles. The summed E-state index contributed by atoms with van der Waals surface area (Å²) in [4.78, 5) is 16.8. The van der Waals surface area contributed by atoms with Crippen LogP contribution in [0.25, 0.3) is 11.1 Å². The molecule has 2 heterocycles. The van der Waals surface area contributed by atoms with Gasteiger partial charge in [-0.05, 0) is 29.2 Å². The number of carbonyl (C=O) groups is 1. The number of pyridine rings is 1.